The van der Waals surface area contributed by atoms with Crippen molar-refractivity contribution in [3.8, 4) is 0 Å². The van der Waals surface area contributed by atoms with Gasteiger partial charge in [-0.1, -0.05) is 29.4 Å². The van der Waals surface area contributed by atoms with Crippen molar-refractivity contribution in [2.45, 2.75) is 32.6 Å². The molecule has 0 atom stereocenters. The quantitative estimate of drug-likeness (QED) is 0.504. The zero-order valence-corrected chi connectivity index (χ0v) is 8.68. The largest absolute Gasteiger partial charge is 0.103 e. The summed E-state index contributed by atoms with van der Waals surface area (Å²) in [5.74, 6) is 0. The summed E-state index contributed by atoms with van der Waals surface area (Å²) < 4.78 is 0. The molecule has 0 heteroatoms. The second-order valence-electron chi connectivity index (χ2n) is 3.20. The summed E-state index contributed by atoms with van der Waals surface area (Å²) in [6.07, 6.45) is 10.0. The van der Waals surface area contributed by atoms with Gasteiger partial charge < -0.3 is 0 Å². The SMILES string of the molecule is C=CCCC(C)=C(CC=C)CC=C. The number of rotatable bonds is 7. The molecule has 0 saturated heterocycles. The predicted molar refractivity (Wildman–Crippen MR) is 61.8 cm³/mol. The molecule has 0 aromatic heterocycles. The van der Waals surface area contributed by atoms with Crippen LogP contribution in [0.25, 0.3) is 0 Å². The molecular formula is C13H20. The first kappa shape index (κ1) is 12.0. The highest BCUT2D eigenvalue weighted by Gasteiger charge is 1.98. The van der Waals surface area contributed by atoms with Crippen molar-refractivity contribution in [3.05, 3.63) is 49.1 Å². The van der Waals surface area contributed by atoms with Crippen molar-refractivity contribution >= 4 is 0 Å². The summed E-state index contributed by atoms with van der Waals surface area (Å²) >= 11 is 0. The zero-order valence-electron chi connectivity index (χ0n) is 8.68. The van der Waals surface area contributed by atoms with Gasteiger partial charge >= 0.3 is 0 Å². The van der Waals surface area contributed by atoms with Gasteiger partial charge in [-0.2, -0.15) is 0 Å². The molecule has 0 nitrogen and oxygen atoms in total. The smallest absolute Gasteiger partial charge is 0.0136 e. The maximum absolute atomic E-state index is 3.76. The highest BCUT2D eigenvalue weighted by Crippen LogP contribution is 2.18. The van der Waals surface area contributed by atoms with E-state index in [-0.39, 0.29) is 0 Å². The summed E-state index contributed by atoms with van der Waals surface area (Å²) in [5.41, 5.74) is 2.91. The molecule has 0 heterocycles. The molecule has 0 fully saturated rings. The summed E-state index contributed by atoms with van der Waals surface area (Å²) in [7, 11) is 0. The first-order valence-corrected chi connectivity index (χ1v) is 4.76. The molecule has 0 aliphatic carbocycles. The fraction of sp³-hybridized carbons (Fsp3) is 0.385. The van der Waals surface area contributed by atoms with Crippen molar-refractivity contribution in [3.63, 3.8) is 0 Å². The topological polar surface area (TPSA) is 0 Å². The number of hydrogen-bond acceptors (Lipinski definition) is 0. The molecule has 0 radical (unpaired) electrons. The van der Waals surface area contributed by atoms with Crippen LogP contribution in [-0.4, -0.2) is 0 Å². The Morgan fingerprint density at radius 2 is 1.54 bits per heavy atom. The van der Waals surface area contributed by atoms with Gasteiger partial charge in [-0.15, -0.1) is 19.7 Å². The van der Waals surface area contributed by atoms with Crippen LogP contribution in [-0.2, 0) is 0 Å². The molecule has 0 aliphatic heterocycles. The molecule has 72 valence electrons. The minimum atomic E-state index is 0.981. The molecule has 0 unspecified atom stereocenters. The van der Waals surface area contributed by atoms with Gasteiger partial charge in [0.2, 0.25) is 0 Å². The summed E-state index contributed by atoms with van der Waals surface area (Å²) in [6, 6.07) is 0. The van der Waals surface area contributed by atoms with Gasteiger partial charge in [-0.25, -0.2) is 0 Å². The highest BCUT2D eigenvalue weighted by atomic mass is 14.0. The lowest BCUT2D eigenvalue weighted by Gasteiger charge is -2.07. The molecule has 0 bridgehead atoms. The van der Waals surface area contributed by atoms with Gasteiger partial charge in [-0.05, 0) is 32.6 Å². The van der Waals surface area contributed by atoms with Gasteiger partial charge in [0.05, 0.1) is 0 Å². The van der Waals surface area contributed by atoms with E-state index in [4.69, 9.17) is 0 Å². The molecule has 0 aliphatic rings. The average molecular weight is 176 g/mol. The molecule has 0 rings (SSSR count). The van der Waals surface area contributed by atoms with E-state index in [1.807, 2.05) is 18.2 Å². The van der Waals surface area contributed by atoms with Gasteiger partial charge in [0.25, 0.3) is 0 Å². The monoisotopic (exact) mass is 176 g/mol. The summed E-state index contributed by atoms with van der Waals surface area (Å²) in [6.45, 7) is 13.4. The van der Waals surface area contributed by atoms with Gasteiger partial charge in [0, 0.05) is 0 Å². The second kappa shape index (κ2) is 7.60. The minimum absolute atomic E-state index is 0.981. The van der Waals surface area contributed by atoms with E-state index in [0.29, 0.717) is 0 Å². The zero-order chi connectivity index (χ0) is 10.1. The van der Waals surface area contributed by atoms with Crippen LogP contribution in [0.15, 0.2) is 49.1 Å². The second-order valence-corrected chi connectivity index (χ2v) is 3.20. The lowest BCUT2D eigenvalue weighted by molar-refractivity contribution is 0.923. The van der Waals surface area contributed by atoms with Gasteiger partial charge in [0.15, 0.2) is 0 Å². The fourth-order valence-corrected chi connectivity index (χ4v) is 1.28. The first-order valence-electron chi connectivity index (χ1n) is 4.76. The molecule has 0 saturated carbocycles. The van der Waals surface area contributed by atoms with Crippen LogP contribution in [0.3, 0.4) is 0 Å². The maximum atomic E-state index is 3.76. The van der Waals surface area contributed by atoms with Gasteiger partial charge in [-0.3, -0.25) is 0 Å². The Labute approximate surface area is 82.4 Å². The lowest BCUT2D eigenvalue weighted by atomic mass is 9.99. The Bertz CT molecular complexity index is 194. The standard InChI is InChI=1S/C13H20/c1-5-8-11-12(4)13(9-6-2)10-7-3/h5-7H,1-3,8-11H2,4H3. The Balaban J connectivity index is 4.31. The molecule has 0 amide bonds. The van der Waals surface area contributed by atoms with E-state index in [1.54, 1.807) is 0 Å². The van der Waals surface area contributed by atoms with E-state index in [9.17, 15) is 0 Å². The normalized spacial score (nSPS) is 9.00. The van der Waals surface area contributed by atoms with Crippen molar-refractivity contribution < 1.29 is 0 Å². The fourth-order valence-electron chi connectivity index (χ4n) is 1.28. The summed E-state index contributed by atoms with van der Waals surface area (Å²) in [4.78, 5) is 0. The Morgan fingerprint density at radius 3 is 1.92 bits per heavy atom. The van der Waals surface area contributed by atoms with E-state index >= 15 is 0 Å². The minimum Gasteiger partial charge on any atom is -0.103 e. The van der Waals surface area contributed by atoms with E-state index in [1.165, 1.54) is 11.1 Å². The molecular weight excluding hydrogens is 156 g/mol. The van der Waals surface area contributed by atoms with Crippen LogP contribution in [0, 0.1) is 0 Å². The van der Waals surface area contributed by atoms with Crippen molar-refractivity contribution in [1.29, 1.82) is 0 Å². The van der Waals surface area contributed by atoms with Gasteiger partial charge in [0.1, 0.15) is 0 Å². The van der Waals surface area contributed by atoms with E-state index in [2.05, 4.69) is 26.7 Å². The van der Waals surface area contributed by atoms with Crippen LogP contribution in [0.2, 0.25) is 0 Å². The van der Waals surface area contributed by atoms with Crippen LogP contribution < -0.4 is 0 Å². The van der Waals surface area contributed by atoms with Crippen molar-refractivity contribution in [1.82, 2.24) is 0 Å². The Morgan fingerprint density at radius 1 is 1.00 bits per heavy atom. The predicted octanol–water partition coefficient (Wildman–Crippen LogP) is 4.42. The van der Waals surface area contributed by atoms with Crippen LogP contribution in [0.1, 0.15) is 32.6 Å². The third-order valence-corrected chi connectivity index (χ3v) is 2.11. The Kier molecular flexibility index (Phi) is 6.99. The average Bonchev–Trinajstić information content (AvgIpc) is 2.14. The highest BCUT2D eigenvalue weighted by molar-refractivity contribution is 5.17. The molecule has 13 heavy (non-hydrogen) atoms. The number of hydrogen-bond donors (Lipinski definition) is 0. The molecule has 0 aromatic rings. The first-order chi connectivity index (χ1) is 6.26. The van der Waals surface area contributed by atoms with E-state index in [0.717, 1.165) is 25.7 Å². The van der Waals surface area contributed by atoms with Crippen LogP contribution in [0.4, 0.5) is 0 Å². The van der Waals surface area contributed by atoms with Crippen LogP contribution >= 0.6 is 0 Å². The van der Waals surface area contributed by atoms with Crippen molar-refractivity contribution in [2.75, 3.05) is 0 Å². The lowest BCUT2D eigenvalue weighted by Crippen LogP contribution is -1.87. The number of allylic oxidation sites excluding steroid dienone is 5. The van der Waals surface area contributed by atoms with E-state index < -0.39 is 0 Å². The molecule has 0 aromatic carbocycles. The molecule has 0 N–H and O–H groups in total. The molecule has 0 spiro atoms. The van der Waals surface area contributed by atoms with Crippen molar-refractivity contribution in [2.24, 2.45) is 0 Å². The van der Waals surface area contributed by atoms with Crippen LogP contribution in [0.5, 0.6) is 0 Å². The third kappa shape index (κ3) is 5.24. The third-order valence-electron chi connectivity index (χ3n) is 2.11. The maximum Gasteiger partial charge on any atom is -0.0136 e. The summed E-state index contributed by atoms with van der Waals surface area (Å²) in [5, 5.41) is 0. The Hall–Kier alpha value is -1.04.